The van der Waals surface area contributed by atoms with E-state index in [2.05, 4.69) is 56.6 Å². The van der Waals surface area contributed by atoms with Crippen LogP contribution in [0.5, 0.6) is 0 Å². The summed E-state index contributed by atoms with van der Waals surface area (Å²) in [4.78, 5) is 34.2. The summed E-state index contributed by atoms with van der Waals surface area (Å²) in [5.41, 5.74) is 14.7. The number of nitrogens with one attached hydrogen (secondary N) is 2. The average molecular weight is 469 g/mol. The van der Waals surface area contributed by atoms with E-state index in [9.17, 15) is 19.5 Å². The number of hydrogen-bond acceptors (Lipinski definition) is 5. The third-order valence-corrected chi connectivity index (χ3v) is 5.63. The molecule has 0 radical (unpaired) electrons. The first-order valence-electron chi connectivity index (χ1n) is 10.9. The number of primary amides is 1. The Morgan fingerprint density at radius 3 is 2.16 bits per heavy atom. The maximum absolute atomic E-state index is 12.1. The number of allylic oxidation sites excluding steroid dienone is 5. The molecule has 8 nitrogen and oxygen atoms in total. The van der Waals surface area contributed by atoms with Crippen molar-refractivity contribution in [3.05, 3.63) is 34.9 Å². The first-order chi connectivity index (χ1) is 15.0. The van der Waals surface area contributed by atoms with Crippen molar-refractivity contribution in [3.63, 3.8) is 0 Å². The normalized spacial score (nSPS) is 13.8. The fraction of sp³-hybridized carbons (Fsp3) is 0.609. The highest BCUT2D eigenvalue weighted by atomic mass is 32.2. The molecule has 0 aliphatic heterocycles. The molecule has 0 aliphatic carbocycles. The van der Waals surface area contributed by atoms with Gasteiger partial charge in [0.05, 0.1) is 6.04 Å². The summed E-state index contributed by atoms with van der Waals surface area (Å²) in [6.07, 6.45) is 10.9. The zero-order valence-corrected chi connectivity index (χ0v) is 20.6. The number of carbonyl (C=O) groups excluding carboxylic acids is 2. The molecule has 0 spiro atoms. The van der Waals surface area contributed by atoms with Gasteiger partial charge in [-0.1, -0.05) is 34.9 Å². The number of carboxylic acid groups (broad SMARTS) is 1. The molecule has 7 N–H and O–H groups in total. The van der Waals surface area contributed by atoms with Crippen LogP contribution in [0.15, 0.2) is 34.9 Å². The van der Waals surface area contributed by atoms with Crippen LogP contribution in [0.4, 0.5) is 4.79 Å². The van der Waals surface area contributed by atoms with E-state index in [1.807, 2.05) is 0 Å². The third kappa shape index (κ3) is 16.4. The van der Waals surface area contributed by atoms with Gasteiger partial charge in [0.25, 0.3) is 0 Å². The number of nitrogens with two attached hydrogens (primary N) is 2. The molecule has 182 valence electrons. The van der Waals surface area contributed by atoms with E-state index in [0.717, 1.165) is 25.7 Å². The second-order valence-corrected chi connectivity index (χ2v) is 9.16. The Bertz CT molecular complexity index is 700. The molecular weight excluding hydrogens is 428 g/mol. The number of thioether (sulfide) groups is 1. The summed E-state index contributed by atoms with van der Waals surface area (Å²) in [6.45, 7) is 8.60. The summed E-state index contributed by atoms with van der Waals surface area (Å²) in [5, 5.41) is 14.1. The number of carboxylic acids is 1. The van der Waals surface area contributed by atoms with E-state index in [1.54, 1.807) is 0 Å². The fourth-order valence-electron chi connectivity index (χ4n) is 2.66. The quantitative estimate of drug-likeness (QED) is 0.174. The number of rotatable bonds is 16. The molecule has 0 aromatic rings. The lowest BCUT2D eigenvalue weighted by atomic mass is 10.1. The molecule has 0 heterocycles. The second-order valence-electron chi connectivity index (χ2n) is 8.08. The Labute approximate surface area is 196 Å². The monoisotopic (exact) mass is 468 g/mol. The molecule has 9 heteroatoms. The van der Waals surface area contributed by atoms with Gasteiger partial charge in [0.15, 0.2) is 0 Å². The van der Waals surface area contributed by atoms with Crippen molar-refractivity contribution in [3.8, 4) is 0 Å². The van der Waals surface area contributed by atoms with Gasteiger partial charge in [-0.2, -0.15) is 11.8 Å². The summed E-state index contributed by atoms with van der Waals surface area (Å²) in [7, 11) is 0. The third-order valence-electron chi connectivity index (χ3n) is 4.66. The molecule has 32 heavy (non-hydrogen) atoms. The van der Waals surface area contributed by atoms with Gasteiger partial charge in [0, 0.05) is 18.1 Å². The number of hydrogen-bond donors (Lipinski definition) is 5. The lowest BCUT2D eigenvalue weighted by molar-refractivity contribution is -0.141. The van der Waals surface area contributed by atoms with Gasteiger partial charge >= 0.3 is 12.0 Å². The maximum atomic E-state index is 12.1. The van der Waals surface area contributed by atoms with E-state index in [0.29, 0.717) is 5.75 Å². The highest BCUT2D eigenvalue weighted by molar-refractivity contribution is 7.99. The molecule has 0 rings (SSSR count). The highest BCUT2D eigenvalue weighted by Gasteiger charge is 2.23. The Hall–Kier alpha value is -2.26. The van der Waals surface area contributed by atoms with Crippen LogP contribution in [0.2, 0.25) is 0 Å². The number of aliphatic carboxylic acids is 1. The van der Waals surface area contributed by atoms with Gasteiger partial charge < -0.3 is 27.2 Å². The van der Waals surface area contributed by atoms with Crippen molar-refractivity contribution in [2.75, 3.05) is 18.1 Å². The molecule has 0 saturated carbocycles. The Morgan fingerprint density at radius 2 is 1.59 bits per heavy atom. The van der Waals surface area contributed by atoms with E-state index in [4.69, 9.17) is 11.5 Å². The summed E-state index contributed by atoms with van der Waals surface area (Å²) < 4.78 is 0. The number of amides is 3. The molecule has 0 fully saturated rings. The standard InChI is InChI=1S/C23H40N4O4S/c1-16(2)7-5-8-17(3)9-6-10-18(4)12-14-32-15-20(22(29)30)27-21(28)19(24)11-13-26-23(25)31/h7,9,12,19-20H,5-6,8,10-11,13-15,24H2,1-4H3,(H,27,28)(H,29,30)(H3,25,26,31)/t19?,20-/m1/s1. The summed E-state index contributed by atoms with van der Waals surface area (Å²) >= 11 is 1.44. The van der Waals surface area contributed by atoms with Crippen LogP contribution in [0.3, 0.4) is 0 Å². The molecule has 3 amide bonds. The Kier molecular flexibility index (Phi) is 16.1. The van der Waals surface area contributed by atoms with Crippen molar-refractivity contribution >= 4 is 29.7 Å². The average Bonchev–Trinajstić information content (AvgIpc) is 2.69. The van der Waals surface area contributed by atoms with Crippen LogP contribution in [0.25, 0.3) is 0 Å². The second kappa shape index (κ2) is 17.3. The van der Waals surface area contributed by atoms with Crippen LogP contribution < -0.4 is 22.1 Å². The molecule has 0 aromatic carbocycles. The van der Waals surface area contributed by atoms with Gasteiger partial charge in [0.2, 0.25) is 5.91 Å². The molecule has 0 saturated heterocycles. The molecule has 1 unspecified atom stereocenters. The van der Waals surface area contributed by atoms with Crippen molar-refractivity contribution < 1.29 is 19.5 Å². The van der Waals surface area contributed by atoms with Crippen molar-refractivity contribution in [2.45, 2.75) is 71.9 Å². The zero-order valence-electron chi connectivity index (χ0n) is 19.8. The summed E-state index contributed by atoms with van der Waals surface area (Å²) in [5.74, 6) is -0.769. The number of carbonyl (C=O) groups is 3. The molecule has 0 aliphatic rings. The van der Waals surface area contributed by atoms with Crippen molar-refractivity contribution in [2.24, 2.45) is 11.5 Å². The maximum Gasteiger partial charge on any atom is 0.327 e. The van der Waals surface area contributed by atoms with Crippen LogP contribution in [-0.4, -0.2) is 53.1 Å². The first-order valence-corrected chi connectivity index (χ1v) is 12.0. The smallest absolute Gasteiger partial charge is 0.327 e. The van der Waals surface area contributed by atoms with Crippen LogP contribution in [0, 0.1) is 0 Å². The van der Waals surface area contributed by atoms with E-state index >= 15 is 0 Å². The van der Waals surface area contributed by atoms with E-state index < -0.39 is 30.0 Å². The van der Waals surface area contributed by atoms with Crippen molar-refractivity contribution in [1.82, 2.24) is 10.6 Å². The largest absolute Gasteiger partial charge is 0.480 e. The van der Waals surface area contributed by atoms with E-state index in [1.165, 1.54) is 28.5 Å². The zero-order chi connectivity index (χ0) is 24.5. The van der Waals surface area contributed by atoms with Gasteiger partial charge in [-0.3, -0.25) is 4.79 Å². The molecular formula is C23H40N4O4S. The minimum Gasteiger partial charge on any atom is -0.480 e. The topological polar surface area (TPSA) is 148 Å². The number of urea groups is 1. The van der Waals surface area contributed by atoms with Gasteiger partial charge in [0.1, 0.15) is 6.04 Å². The first kappa shape index (κ1) is 29.7. The Morgan fingerprint density at radius 1 is 1.00 bits per heavy atom. The predicted octanol–water partition coefficient (Wildman–Crippen LogP) is 3.09. The highest BCUT2D eigenvalue weighted by Crippen LogP contribution is 2.13. The Balaban J connectivity index is 4.31. The molecule has 2 atom stereocenters. The predicted molar refractivity (Wildman–Crippen MR) is 132 cm³/mol. The van der Waals surface area contributed by atoms with Crippen LogP contribution in [0.1, 0.15) is 59.8 Å². The van der Waals surface area contributed by atoms with Crippen LogP contribution in [-0.2, 0) is 9.59 Å². The fourth-order valence-corrected chi connectivity index (χ4v) is 3.66. The van der Waals surface area contributed by atoms with Crippen LogP contribution >= 0.6 is 11.8 Å². The van der Waals surface area contributed by atoms with Gasteiger partial charge in [-0.25, -0.2) is 9.59 Å². The lowest BCUT2D eigenvalue weighted by Gasteiger charge is -2.17. The minimum absolute atomic E-state index is 0.144. The minimum atomic E-state index is -1.11. The summed E-state index contributed by atoms with van der Waals surface area (Å²) in [6, 6.07) is -2.65. The molecule has 0 bridgehead atoms. The molecule has 0 aromatic heterocycles. The van der Waals surface area contributed by atoms with Gasteiger partial charge in [-0.15, -0.1) is 0 Å². The SMILES string of the molecule is CC(C)=CCCC(C)=CCCC(C)=CCSC[C@@H](NC(=O)C(N)CCNC(N)=O)C(=O)O. The van der Waals surface area contributed by atoms with E-state index in [-0.39, 0.29) is 18.7 Å². The lowest BCUT2D eigenvalue weighted by Crippen LogP contribution is -2.50. The van der Waals surface area contributed by atoms with Crippen molar-refractivity contribution in [1.29, 1.82) is 0 Å². The van der Waals surface area contributed by atoms with Gasteiger partial charge in [-0.05, 0) is 59.8 Å².